The van der Waals surface area contributed by atoms with Crippen LogP contribution in [0.5, 0.6) is 0 Å². The molecule has 1 amide bonds. The summed E-state index contributed by atoms with van der Waals surface area (Å²) in [6, 6.07) is 7.69. The lowest BCUT2D eigenvalue weighted by atomic mass is 10.2. The maximum atomic E-state index is 10.5. The summed E-state index contributed by atoms with van der Waals surface area (Å²) in [6.07, 6.45) is -0.785. The van der Waals surface area contributed by atoms with Crippen molar-refractivity contribution in [1.82, 2.24) is 9.97 Å². The van der Waals surface area contributed by atoms with Crippen molar-refractivity contribution >= 4 is 28.8 Å². The molecule has 106 valence electrons. The third-order valence-corrected chi connectivity index (χ3v) is 2.58. The number of fused-ring (bicyclic) bond motifs is 1. The molecule has 1 aromatic heterocycles. The van der Waals surface area contributed by atoms with Crippen molar-refractivity contribution in [2.75, 3.05) is 30.3 Å². The summed E-state index contributed by atoms with van der Waals surface area (Å²) in [5.41, 5.74) is 5.75. The number of hydrogen-bond donors (Lipinski definition) is 3. The third-order valence-electron chi connectivity index (χ3n) is 2.58. The molecule has 4 N–H and O–H groups in total. The highest BCUT2D eigenvalue weighted by atomic mass is 16.5. The van der Waals surface area contributed by atoms with Crippen LogP contribution in [0.1, 0.15) is 6.92 Å². The highest BCUT2D eigenvalue weighted by Gasteiger charge is 2.06. The molecule has 1 aromatic carbocycles. The Hall–Kier alpha value is -2.57. The number of hydrogen-bond acceptors (Lipinski definition) is 6. The number of aromatic nitrogens is 2. The smallest absolute Gasteiger partial charge is 0.404 e. The molecule has 0 aliphatic carbocycles. The van der Waals surface area contributed by atoms with Gasteiger partial charge in [-0.2, -0.15) is 4.98 Å². The van der Waals surface area contributed by atoms with E-state index >= 15 is 0 Å². The zero-order valence-electron chi connectivity index (χ0n) is 11.2. The molecule has 7 nitrogen and oxygen atoms in total. The molecule has 0 saturated carbocycles. The van der Waals surface area contributed by atoms with Gasteiger partial charge in [-0.05, 0) is 19.1 Å². The average Bonchev–Trinajstić information content (AvgIpc) is 2.43. The van der Waals surface area contributed by atoms with E-state index in [9.17, 15) is 4.79 Å². The summed E-state index contributed by atoms with van der Waals surface area (Å²) in [7, 11) is 0. The van der Waals surface area contributed by atoms with E-state index in [-0.39, 0.29) is 6.61 Å². The van der Waals surface area contributed by atoms with Crippen LogP contribution in [-0.2, 0) is 4.74 Å². The first kappa shape index (κ1) is 13.9. The molecule has 0 atom stereocenters. The first-order valence-electron chi connectivity index (χ1n) is 6.37. The second-order valence-electron chi connectivity index (χ2n) is 4.04. The van der Waals surface area contributed by atoms with Crippen molar-refractivity contribution in [3.05, 3.63) is 24.3 Å². The molecule has 0 spiro atoms. The zero-order chi connectivity index (χ0) is 14.4. The topological polar surface area (TPSA) is 102 Å². The summed E-state index contributed by atoms with van der Waals surface area (Å²) < 4.78 is 4.67. The first-order valence-corrected chi connectivity index (χ1v) is 6.37. The third kappa shape index (κ3) is 3.47. The molecule has 20 heavy (non-hydrogen) atoms. The summed E-state index contributed by atoms with van der Waals surface area (Å²) in [5, 5.41) is 7.11. The van der Waals surface area contributed by atoms with E-state index < -0.39 is 6.09 Å². The van der Waals surface area contributed by atoms with Gasteiger partial charge in [-0.15, -0.1) is 0 Å². The number of carbonyl (C=O) groups is 1. The molecule has 0 fully saturated rings. The van der Waals surface area contributed by atoms with Crippen LogP contribution in [0.3, 0.4) is 0 Å². The minimum atomic E-state index is -0.785. The fourth-order valence-corrected chi connectivity index (χ4v) is 1.77. The van der Waals surface area contributed by atoms with Gasteiger partial charge in [0, 0.05) is 11.9 Å². The maximum absolute atomic E-state index is 10.5. The molecule has 7 heteroatoms. The summed E-state index contributed by atoms with van der Waals surface area (Å²) >= 11 is 0. The van der Waals surface area contributed by atoms with Gasteiger partial charge in [-0.1, -0.05) is 12.1 Å². The van der Waals surface area contributed by atoms with E-state index in [0.717, 1.165) is 17.4 Å². The van der Waals surface area contributed by atoms with Crippen LogP contribution in [0, 0.1) is 0 Å². The molecule has 0 aliphatic heterocycles. The van der Waals surface area contributed by atoms with Crippen molar-refractivity contribution in [2.45, 2.75) is 6.92 Å². The Morgan fingerprint density at radius 1 is 1.30 bits per heavy atom. The minimum Gasteiger partial charge on any atom is -0.448 e. The fraction of sp³-hybridized carbons (Fsp3) is 0.308. The standard InChI is InChI=1S/C13H17N5O2/c1-2-15-13-17-10-6-4-3-5-9(10)11(18-13)16-7-8-20-12(14)19/h3-6H,2,7-8H2,1H3,(H2,14,19)(H2,15,16,17,18). The van der Waals surface area contributed by atoms with Crippen LogP contribution < -0.4 is 16.4 Å². The van der Waals surface area contributed by atoms with E-state index in [0.29, 0.717) is 18.3 Å². The Labute approximate surface area is 116 Å². The van der Waals surface area contributed by atoms with Gasteiger partial charge < -0.3 is 21.1 Å². The number of primary amides is 1. The maximum Gasteiger partial charge on any atom is 0.404 e. The largest absolute Gasteiger partial charge is 0.448 e. The van der Waals surface area contributed by atoms with Gasteiger partial charge in [-0.25, -0.2) is 9.78 Å². The monoisotopic (exact) mass is 275 g/mol. The van der Waals surface area contributed by atoms with E-state index in [1.54, 1.807) is 0 Å². The lowest BCUT2D eigenvalue weighted by Crippen LogP contribution is -2.19. The van der Waals surface area contributed by atoms with Gasteiger partial charge >= 0.3 is 6.09 Å². The summed E-state index contributed by atoms with van der Waals surface area (Å²) in [4.78, 5) is 19.3. The number of carbonyl (C=O) groups excluding carboxylic acids is 1. The predicted octanol–water partition coefficient (Wildman–Crippen LogP) is 1.57. The molecular weight excluding hydrogens is 258 g/mol. The lowest BCUT2D eigenvalue weighted by Gasteiger charge is -2.11. The van der Waals surface area contributed by atoms with Crippen molar-refractivity contribution in [3.63, 3.8) is 0 Å². The van der Waals surface area contributed by atoms with Crippen molar-refractivity contribution in [3.8, 4) is 0 Å². The van der Waals surface area contributed by atoms with Gasteiger partial charge in [0.25, 0.3) is 0 Å². The van der Waals surface area contributed by atoms with Crippen LogP contribution in [0.25, 0.3) is 10.9 Å². The number of nitrogens with one attached hydrogen (secondary N) is 2. The highest BCUT2D eigenvalue weighted by Crippen LogP contribution is 2.21. The Bertz CT molecular complexity index is 602. The Kier molecular flexibility index (Phi) is 4.54. The van der Waals surface area contributed by atoms with Gasteiger partial charge in [0.2, 0.25) is 5.95 Å². The van der Waals surface area contributed by atoms with E-state index in [1.807, 2.05) is 31.2 Å². The Morgan fingerprint density at radius 2 is 2.10 bits per heavy atom. The second-order valence-corrected chi connectivity index (χ2v) is 4.04. The van der Waals surface area contributed by atoms with E-state index in [1.165, 1.54) is 0 Å². The Balaban J connectivity index is 2.18. The number of anilines is 2. The van der Waals surface area contributed by atoms with E-state index in [4.69, 9.17) is 5.73 Å². The molecule has 2 aromatic rings. The van der Waals surface area contributed by atoms with Crippen molar-refractivity contribution < 1.29 is 9.53 Å². The quantitative estimate of drug-likeness (QED) is 0.691. The average molecular weight is 275 g/mol. The number of rotatable bonds is 6. The number of benzene rings is 1. The van der Waals surface area contributed by atoms with Crippen LogP contribution in [-0.4, -0.2) is 35.8 Å². The lowest BCUT2D eigenvalue weighted by molar-refractivity contribution is 0.161. The van der Waals surface area contributed by atoms with Gasteiger partial charge in [0.1, 0.15) is 12.4 Å². The zero-order valence-corrected chi connectivity index (χ0v) is 11.2. The molecule has 0 bridgehead atoms. The first-order chi connectivity index (χ1) is 9.70. The number of nitrogens with zero attached hydrogens (tertiary/aromatic N) is 2. The van der Waals surface area contributed by atoms with Crippen LogP contribution in [0.4, 0.5) is 16.6 Å². The number of ether oxygens (including phenoxy) is 1. The second kappa shape index (κ2) is 6.55. The molecular formula is C13H17N5O2. The number of nitrogens with two attached hydrogens (primary N) is 1. The van der Waals surface area contributed by atoms with Gasteiger partial charge in [0.05, 0.1) is 12.1 Å². The molecule has 0 radical (unpaired) electrons. The predicted molar refractivity (Wildman–Crippen MR) is 77.7 cm³/mol. The van der Waals surface area contributed by atoms with E-state index in [2.05, 4.69) is 25.3 Å². The van der Waals surface area contributed by atoms with Crippen LogP contribution >= 0.6 is 0 Å². The van der Waals surface area contributed by atoms with Crippen LogP contribution in [0.15, 0.2) is 24.3 Å². The minimum absolute atomic E-state index is 0.185. The van der Waals surface area contributed by atoms with Crippen LogP contribution in [0.2, 0.25) is 0 Å². The normalized spacial score (nSPS) is 10.2. The number of amides is 1. The van der Waals surface area contributed by atoms with Crippen molar-refractivity contribution in [1.29, 1.82) is 0 Å². The van der Waals surface area contributed by atoms with Gasteiger partial charge in [-0.3, -0.25) is 0 Å². The molecule has 1 heterocycles. The number of para-hydroxylation sites is 1. The SMILES string of the molecule is CCNc1nc(NCCOC(N)=O)c2ccccc2n1. The fourth-order valence-electron chi connectivity index (χ4n) is 1.77. The highest BCUT2D eigenvalue weighted by molar-refractivity contribution is 5.90. The molecule has 0 aliphatic rings. The van der Waals surface area contributed by atoms with Gasteiger partial charge in [0.15, 0.2) is 0 Å². The molecule has 0 saturated heterocycles. The molecule has 0 unspecified atom stereocenters. The molecule has 2 rings (SSSR count). The summed E-state index contributed by atoms with van der Waals surface area (Å²) in [6.45, 7) is 3.33. The Morgan fingerprint density at radius 3 is 2.85 bits per heavy atom. The summed E-state index contributed by atoms with van der Waals surface area (Å²) in [5.74, 6) is 1.25. The van der Waals surface area contributed by atoms with Crippen molar-refractivity contribution in [2.24, 2.45) is 5.73 Å².